The average molecular weight is 260 g/mol. The molecule has 6 heteroatoms. The lowest BCUT2D eigenvalue weighted by atomic mass is 10.3. The van der Waals surface area contributed by atoms with Gasteiger partial charge in [0.15, 0.2) is 6.29 Å². The lowest BCUT2D eigenvalue weighted by Crippen LogP contribution is -1.94. The van der Waals surface area contributed by atoms with Gasteiger partial charge in [-0.15, -0.1) is 0 Å². The minimum Gasteiger partial charge on any atom is -0.496 e. The Morgan fingerprint density at radius 3 is 1.95 bits per heavy atom. The maximum Gasteiger partial charge on any atom is 0.321 e. The number of aldehydes is 1. The number of aromatic nitrogens is 2. The molecule has 0 atom stereocenters. The highest BCUT2D eigenvalue weighted by atomic mass is 16.5. The van der Waals surface area contributed by atoms with Crippen LogP contribution in [0, 0.1) is 0 Å². The van der Waals surface area contributed by atoms with Gasteiger partial charge in [0.2, 0.25) is 0 Å². The van der Waals surface area contributed by atoms with Gasteiger partial charge in [0.05, 0.1) is 19.8 Å². The smallest absolute Gasteiger partial charge is 0.321 e. The monoisotopic (exact) mass is 260 g/mol. The summed E-state index contributed by atoms with van der Waals surface area (Å²) in [5, 5.41) is 0. The van der Waals surface area contributed by atoms with Crippen LogP contribution in [0.15, 0.2) is 30.6 Å². The van der Waals surface area contributed by atoms with E-state index < -0.39 is 0 Å². The van der Waals surface area contributed by atoms with Crippen molar-refractivity contribution in [2.24, 2.45) is 0 Å². The molecule has 19 heavy (non-hydrogen) atoms. The summed E-state index contributed by atoms with van der Waals surface area (Å²) in [7, 11) is 3.10. The van der Waals surface area contributed by atoms with Gasteiger partial charge < -0.3 is 14.2 Å². The van der Waals surface area contributed by atoms with Crippen molar-refractivity contribution in [3.8, 4) is 23.3 Å². The largest absolute Gasteiger partial charge is 0.496 e. The molecule has 2 aromatic rings. The Hall–Kier alpha value is -2.63. The number of carbonyl (C=O) groups excluding carboxylic acids is 1. The van der Waals surface area contributed by atoms with Crippen LogP contribution in [0.3, 0.4) is 0 Å². The van der Waals surface area contributed by atoms with Crippen LogP contribution in [0.4, 0.5) is 0 Å². The van der Waals surface area contributed by atoms with Crippen molar-refractivity contribution in [1.82, 2.24) is 9.97 Å². The van der Waals surface area contributed by atoms with E-state index in [1.807, 2.05) is 0 Å². The molecule has 0 bridgehead atoms. The molecule has 0 saturated carbocycles. The fourth-order valence-electron chi connectivity index (χ4n) is 1.39. The minimum absolute atomic E-state index is 0.140. The van der Waals surface area contributed by atoms with Crippen LogP contribution in [-0.4, -0.2) is 30.5 Å². The van der Waals surface area contributed by atoms with Gasteiger partial charge in [0.25, 0.3) is 0 Å². The highest BCUT2D eigenvalue weighted by Gasteiger charge is 2.05. The maximum absolute atomic E-state index is 10.5. The van der Waals surface area contributed by atoms with Gasteiger partial charge in [-0.05, 0) is 0 Å². The Morgan fingerprint density at radius 1 is 0.947 bits per heavy atom. The Morgan fingerprint density at radius 2 is 1.47 bits per heavy atom. The van der Waals surface area contributed by atoms with E-state index in [1.54, 1.807) is 32.4 Å². The lowest BCUT2D eigenvalue weighted by Gasteiger charge is -2.08. The molecule has 0 amide bonds. The first-order valence-corrected chi connectivity index (χ1v) is 5.43. The van der Waals surface area contributed by atoms with Crippen molar-refractivity contribution < 1.29 is 19.0 Å². The molecule has 6 nitrogen and oxygen atoms in total. The van der Waals surface area contributed by atoms with E-state index >= 15 is 0 Å². The number of ether oxygens (including phenoxy) is 3. The van der Waals surface area contributed by atoms with Crippen LogP contribution in [0.2, 0.25) is 0 Å². The Kier molecular flexibility index (Phi) is 3.92. The molecule has 0 aliphatic rings. The third-order valence-corrected chi connectivity index (χ3v) is 2.32. The second-order valence-corrected chi connectivity index (χ2v) is 3.57. The van der Waals surface area contributed by atoms with Crippen molar-refractivity contribution in [1.29, 1.82) is 0 Å². The van der Waals surface area contributed by atoms with Crippen molar-refractivity contribution in [2.45, 2.75) is 0 Å². The van der Waals surface area contributed by atoms with E-state index in [9.17, 15) is 4.79 Å². The zero-order valence-electron chi connectivity index (χ0n) is 10.5. The number of hydrogen-bond acceptors (Lipinski definition) is 6. The molecule has 2 rings (SSSR count). The number of nitrogens with zero attached hydrogens (tertiary/aromatic N) is 2. The van der Waals surface area contributed by atoms with Crippen LogP contribution in [0.5, 0.6) is 23.3 Å². The van der Waals surface area contributed by atoms with Gasteiger partial charge in [-0.3, -0.25) is 4.79 Å². The Labute approximate surface area is 110 Å². The van der Waals surface area contributed by atoms with E-state index in [0.29, 0.717) is 29.1 Å². The average Bonchev–Trinajstić information content (AvgIpc) is 2.47. The van der Waals surface area contributed by atoms with Crippen LogP contribution in [0.25, 0.3) is 0 Å². The highest BCUT2D eigenvalue weighted by molar-refractivity contribution is 5.73. The van der Waals surface area contributed by atoms with Gasteiger partial charge in [-0.1, -0.05) is 0 Å². The van der Waals surface area contributed by atoms with Gasteiger partial charge in [-0.25, -0.2) is 9.97 Å². The first-order valence-electron chi connectivity index (χ1n) is 5.43. The second-order valence-electron chi connectivity index (χ2n) is 3.57. The van der Waals surface area contributed by atoms with Crippen molar-refractivity contribution in [3.63, 3.8) is 0 Å². The summed E-state index contributed by atoms with van der Waals surface area (Å²) >= 11 is 0. The van der Waals surface area contributed by atoms with Gasteiger partial charge in [-0.2, -0.15) is 0 Å². The Balaban J connectivity index is 2.23. The van der Waals surface area contributed by atoms with Crippen LogP contribution in [-0.2, 0) is 0 Å². The normalized spacial score (nSPS) is 9.79. The number of benzene rings is 1. The molecule has 1 heterocycles. The lowest BCUT2D eigenvalue weighted by molar-refractivity contribution is 0.112. The standard InChI is InChI=1S/C13H12N2O4/c1-17-10-3-11(18-2)5-12(4-10)19-13-14-6-9(8-16)7-15-13/h3-8H,1-2H3. The van der Waals surface area contributed by atoms with Gasteiger partial charge in [0.1, 0.15) is 17.2 Å². The van der Waals surface area contributed by atoms with Gasteiger partial charge in [0, 0.05) is 30.6 Å². The molecule has 0 aliphatic carbocycles. The molecule has 98 valence electrons. The summed E-state index contributed by atoms with van der Waals surface area (Å²) in [6.07, 6.45) is 3.43. The first-order chi connectivity index (χ1) is 9.25. The number of methoxy groups -OCH3 is 2. The molecule has 0 N–H and O–H groups in total. The second kappa shape index (κ2) is 5.81. The number of rotatable bonds is 5. The van der Waals surface area contributed by atoms with E-state index in [1.165, 1.54) is 12.4 Å². The fraction of sp³-hybridized carbons (Fsp3) is 0.154. The molecule has 0 spiro atoms. The maximum atomic E-state index is 10.5. The molecule has 1 aromatic heterocycles. The molecule has 0 unspecified atom stereocenters. The van der Waals surface area contributed by atoms with Gasteiger partial charge >= 0.3 is 6.01 Å². The first kappa shape index (κ1) is 12.8. The summed E-state index contributed by atoms with van der Waals surface area (Å²) in [6, 6.07) is 5.23. The van der Waals surface area contributed by atoms with E-state index in [-0.39, 0.29) is 6.01 Å². The summed E-state index contributed by atoms with van der Waals surface area (Å²) in [5.41, 5.74) is 0.385. The fourth-order valence-corrected chi connectivity index (χ4v) is 1.39. The SMILES string of the molecule is COc1cc(OC)cc(Oc2ncc(C=O)cn2)c1. The minimum atomic E-state index is 0.140. The van der Waals surface area contributed by atoms with Crippen molar-refractivity contribution in [2.75, 3.05) is 14.2 Å². The molecule has 0 radical (unpaired) electrons. The van der Waals surface area contributed by atoms with E-state index in [2.05, 4.69) is 9.97 Å². The predicted molar refractivity (Wildman–Crippen MR) is 67.0 cm³/mol. The summed E-state index contributed by atoms with van der Waals surface area (Å²) in [5.74, 6) is 1.67. The quantitative estimate of drug-likeness (QED) is 0.767. The van der Waals surface area contributed by atoms with E-state index in [4.69, 9.17) is 14.2 Å². The Bertz CT molecular complexity index is 547. The molecule has 0 fully saturated rings. The highest BCUT2D eigenvalue weighted by Crippen LogP contribution is 2.29. The summed E-state index contributed by atoms with van der Waals surface area (Å²) in [6.45, 7) is 0. The third kappa shape index (κ3) is 3.19. The molecule has 0 aliphatic heterocycles. The van der Waals surface area contributed by atoms with Crippen molar-refractivity contribution >= 4 is 6.29 Å². The number of hydrogen-bond donors (Lipinski definition) is 0. The zero-order valence-corrected chi connectivity index (χ0v) is 10.5. The zero-order chi connectivity index (χ0) is 13.7. The summed E-state index contributed by atoms with van der Waals surface area (Å²) in [4.78, 5) is 18.3. The van der Waals surface area contributed by atoms with Crippen LogP contribution < -0.4 is 14.2 Å². The topological polar surface area (TPSA) is 70.5 Å². The predicted octanol–water partition coefficient (Wildman–Crippen LogP) is 2.10. The molecule has 1 aromatic carbocycles. The molecular formula is C13H12N2O4. The van der Waals surface area contributed by atoms with Crippen LogP contribution in [0.1, 0.15) is 10.4 Å². The van der Waals surface area contributed by atoms with E-state index in [0.717, 1.165) is 0 Å². The number of carbonyl (C=O) groups is 1. The third-order valence-electron chi connectivity index (χ3n) is 2.32. The summed E-state index contributed by atoms with van der Waals surface area (Å²) < 4.78 is 15.7. The van der Waals surface area contributed by atoms with Crippen molar-refractivity contribution in [3.05, 3.63) is 36.2 Å². The molecule has 0 saturated heterocycles. The van der Waals surface area contributed by atoms with Crippen LogP contribution >= 0.6 is 0 Å². The molecular weight excluding hydrogens is 248 g/mol.